The molecule has 0 spiro atoms. The van der Waals surface area contributed by atoms with Crippen LogP contribution in [0.3, 0.4) is 0 Å². The van der Waals surface area contributed by atoms with E-state index in [1.165, 1.54) is 16.7 Å². The quantitative estimate of drug-likeness (QED) is 0.778. The highest BCUT2D eigenvalue weighted by Crippen LogP contribution is 2.35. The van der Waals surface area contributed by atoms with Gasteiger partial charge in [0.15, 0.2) is 0 Å². The van der Waals surface area contributed by atoms with Crippen molar-refractivity contribution in [1.82, 2.24) is 9.78 Å². The van der Waals surface area contributed by atoms with Crippen molar-refractivity contribution in [2.75, 3.05) is 11.9 Å². The van der Waals surface area contributed by atoms with Crippen LogP contribution in [-0.2, 0) is 6.42 Å². The molecule has 0 atom stereocenters. The molecule has 2 heterocycles. The topological polar surface area (TPSA) is 53.6 Å². The smallest absolute Gasteiger partial charge is 0.133 e. The first-order valence-corrected chi connectivity index (χ1v) is 8.11. The molecule has 24 heavy (non-hydrogen) atoms. The summed E-state index contributed by atoms with van der Waals surface area (Å²) in [5.41, 5.74) is 7.29. The molecule has 0 unspecified atom stereocenters. The number of nitrogens with zero attached hydrogens (tertiary/aromatic N) is 3. The van der Waals surface area contributed by atoms with E-state index in [1.54, 1.807) is 0 Å². The van der Waals surface area contributed by atoms with Crippen molar-refractivity contribution in [2.45, 2.75) is 20.3 Å². The van der Waals surface area contributed by atoms with Crippen molar-refractivity contribution in [2.24, 2.45) is 0 Å². The molecule has 0 saturated carbocycles. The molecule has 4 nitrogen and oxygen atoms in total. The van der Waals surface area contributed by atoms with Crippen LogP contribution in [0.25, 0.3) is 16.9 Å². The second-order valence-corrected chi connectivity index (χ2v) is 6.27. The van der Waals surface area contributed by atoms with Gasteiger partial charge in [-0.2, -0.15) is 10.4 Å². The van der Waals surface area contributed by atoms with E-state index in [-0.39, 0.29) is 0 Å². The summed E-state index contributed by atoms with van der Waals surface area (Å²) in [6.45, 7) is 5.12. The predicted octanol–water partition coefficient (Wildman–Crippen LogP) is 4.00. The Morgan fingerprint density at radius 2 is 1.88 bits per heavy atom. The molecule has 0 amide bonds. The number of nitrogens with one attached hydrogen (secondary N) is 1. The van der Waals surface area contributed by atoms with Crippen LogP contribution in [0.15, 0.2) is 42.5 Å². The number of rotatable bonds is 2. The van der Waals surface area contributed by atoms with Crippen LogP contribution in [0.5, 0.6) is 0 Å². The molecule has 1 aromatic heterocycles. The first-order valence-electron chi connectivity index (χ1n) is 8.11. The number of hydrogen-bond donors (Lipinski definition) is 1. The minimum atomic E-state index is 0.628. The summed E-state index contributed by atoms with van der Waals surface area (Å²) in [6.07, 6.45) is 0.951. The van der Waals surface area contributed by atoms with E-state index in [1.807, 2.05) is 28.9 Å². The lowest BCUT2D eigenvalue weighted by Gasteiger charge is -2.08. The number of fused-ring (bicyclic) bond motifs is 1. The summed E-state index contributed by atoms with van der Waals surface area (Å²) in [7, 11) is 0. The summed E-state index contributed by atoms with van der Waals surface area (Å²) in [5.74, 6) is 1.01. The van der Waals surface area contributed by atoms with E-state index in [9.17, 15) is 5.26 Å². The van der Waals surface area contributed by atoms with Gasteiger partial charge in [0.25, 0.3) is 0 Å². The molecule has 0 bridgehead atoms. The van der Waals surface area contributed by atoms with Gasteiger partial charge in [0.1, 0.15) is 11.9 Å². The maximum atomic E-state index is 9.41. The molecule has 2 aromatic carbocycles. The summed E-state index contributed by atoms with van der Waals surface area (Å²) < 4.78 is 1.88. The Labute approximate surface area is 141 Å². The summed E-state index contributed by atoms with van der Waals surface area (Å²) in [4.78, 5) is 0. The Balaban J connectivity index is 1.95. The van der Waals surface area contributed by atoms with Gasteiger partial charge in [-0.25, -0.2) is 4.68 Å². The zero-order valence-corrected chi connectivity index (χ0v) is 13.8. The zero-order chi connectivity index (χ0) is 16.7. The molecule has 1 aliphatic heterocycles. The minimum Gasteiger partial charge on any atom is -0.369 e. The first kappa shape index (κ1) is 14.5. The Hall–Kier alpha value is -3.06. The van der Waals surface area contributed by atoms with E-state index in [2.05, 4.69) is 43.4 Å². The van der Waals surface area contributed by atoms with Crippen molar-refractivity contribution in [1.29, 1.82) is 5.26 Å². The van der Waals surface area contributed by atoms with Gasteiger partial charge in [0, 0.05) is 17.7 Å². The van der Waals surface area contributed by atoms with E-state index in [4.69, 9.17) is 5.10 Å². The maximum Gasteiger partial charge on any atom is 0.133 e. The standard InChI is InChI=1S/C20H18N4/c1-13-9-14(2)11-16(10-13)19-17-7-8-22-20(17)24(23-19)18-6-4-3-5-15(18)12-21/h3-6,9-11,22H,7-8H2,1-2H3. The number of nitriles is 1. The number of hydrogen-bond acceptors (Lipinski definition) is 3. The molecule has 1 aliphatic rings. The third-order valence-corrected chi connectivity index (χ3v) is 4.40. The van der Waals surface area contributed by atoms with Crippen molar-refractivity contribution in [3.05, 3.63) is 64.7 Å². The summed E-state index contributed by atoms with van der Waals surface area (Å²) >= 11 is 0. The Bertz CT molecular complexity index is 956. The van der Waals surface area contributed by atoms with E-state index < -0.39 is 0 Å². The van der Waals surface area contributed by atoms with Crippen LogP contribution in [-0.4, -0.2) is 16.3 Å². The fraction of sp³-hybridized carbons (Fsp3) is 0.200. The number of aryl methyl sites for hydroxylation is 2. The van der Waals surface area contributed by atoms with Crippen molar-refractivity contribution >= 4 is 5.82 Å². The zero-order valence-electron chi connectivity index (χ0n) is 13.8. The van der Waals surface area contributed by atoms with E-state index in [0.717, 1.165) is 35.7 Å². The van der Waals surface area contributed by atoms with Crippen molar-refractivity contribution in [3.8, 4) is 23.0 Å². The lowest BCUT2D eigenvalue weighted by Crippen LogP contribution is -2.05. The fourth-order valence-electron chi connectivity index (χ4n) is 3.45. The van der Waals surface area contributed by atoms with Gasteiger partial charge in [-0.05, 0) is 44.5 Å². The number of aromatic nitrogens is 2. The molecular formula is C20H18N4. The first-order chi connectivity index (χ1) is 11.7. The maximum absolute atomic E-state index is 9.41. The van der Waals surface area contributed by atoms with Crippen LogP contribution in [0.1, 0.15) is 22.3 Å². The third kappa shape index (κ3) is 2.26. The highest BCUT2D eigenvalue weighted by Gasteiger charge is 2.25. The van der Waals surface area contributed by atoms with E-state index >= 15 is 0 Å². The molecule has 118 valence electrons. The van der Waals surface area contributed by atoms with Gasteiger partial charge >= 0.3 is 0 Å². The molecule has 1 N–H and O–H groups in total. The number of anilines is 1. The third-order valence-electron chi connectivity index (χ3n) is 4.40. The van der Waals surface area contributed by atoms with Crippen molar-refractivity contribution < 1.29 is 0 Å². The van der Waals surface area contributed by atoms with Crippen LogP contribution in [0, 0.1) is 25.2 Å². The minimum absolute atomic E-state index is 0.628. The SMILES string of the molecule is Cc1cc(C)cc(-c2nn(-c3ccccc3C#N)c3c2CCN3)c1. The Kier molecular flexibility index (Phi) is 3.35. The van der Waals surface area contributed by atoms with Crippen molar-refractivity contribution in [3.63, 3.8) is 0 Å². The monoisotopic (exact) mass is 314 g/mol. The molecule has 3 aromatic rings. The van der Waals surface area contributed by atoms with Crippen LogP contribution >= 0.6 is 0 Å². The summed E-state index contributed by atoms with van der Waals surface area (Å²) in [5, 5.41) is 17.7. The van der Waals surface area contributed by atoms with Gasteiger partial charge in [0.2, 0.25) is 0 Å². The van der Waals surface area contributed by atoms with Crippen LogP contribution in [0.2, 0.25) is 0 Å². The normalized spacial score (nSPS) is 12.5. The molecule has 0 aliphatic carbocycles. The van der Waals surface area contributed by atoms with Gasteiger partial charge < -0.3 is 5.32 Å². The highest BCUT2D eigenvalue weighted by molar-refractivity contribution is 5.74. The average molecular weight is 314 g/mol. The largest absolute Gasteiger partial charge is 0.369 e. The van der Waals surface area contributed by atoms with Gasteiger partial charge in [0.05, 0.1) is 16.9 Å². The van der Waals surface area contributed by atoms with Crippen LogP contribution < -0.4 is 5.32 Å². The van der Waals surface area contributed by atoms with Gasteiger partial charge in [-0.3, -0.25) is 0 Å². The second kappa shape index (κ2) is 5.54. The summed E-state index contributed by atoms with van der Waals surface area (Å²) in [6, 6.07) is 16.4. The predicted molar refractivity (Wildman–Crippen MR) is 95.4 cm³/mol. The molecule has 0 radical (unpaired) electrons. The highest BCUT2D eigenvalue weighted by atomic mass is 15.3. The molecule has 0 saturated heterocycles. The van der Waals surface area contributed by atoms with Gasteiger partial charge in [-0.1, -0.05) is 29.3 Å². The number of benzene rings is 2. The average Bonchev–Trinajstić information content (AvgIpc) is 3.16. The second-order valence-electron chi connectivity index (χ2n) is 6.27. The van der Waals surface area contributed by atoms with E-state index in [0.29, 0.717) is 5.56 Å². The molecular weight excluding hydrogens is 296 g/mol. The lowest BCUT2D eigenvalue weighted by molar-refractivity contribution is 0.879. The Morgan fingerprint density at radius 1 is 1.12 bits per heavy atom. The molecule has 4 rings (SSSR count). The Morgan fingerprint density at radius 3 is 2.62 bits per heavy atom. The van der Waals surface area contributed by atoms with Gasteiger partial charge in [-0.15, -0.1) is 0 Å². The van der Waals surface area contributed by atoms with Crippen LogP contribution in [0.4, 0.5) is 5.82 Å². The lowest BCUT2D eigenvalue weighted by atomic mass is 10.0. The fourth-order valence-corrected chi connectivity index (χ4v) is 3.45. The molecule has 4 heteroatoms. The molecule has 0 fully saturated rings. The number of para-hydroxylation sites is 1.